The van der Waals surface area contributed by atoms with Crippen molar-refractivity contribution >= 4 is 29.0 Å². The Morgan fingerprint density at radius 3 is 2.48 bits per heavy atom. The highest BCUT2D eigenvalue weighted by Gasteiger charge is 2.20. The molecule has 0 fully saturated rings. The average Bonchev–Trinajstić information content (AvgIpc) is 2.42. The van der Waals surface area contributed by atoms with Gasteiger partial charge in [0, 0.05) is 18.5 Å². The van der Waals surface area contributed by atoms with Crippen LogP contribution >= 0.6 is 23.2 Å². The monoisotopic (exact) mass is 325 g/mol. The van der Waals surface area contributed by atoms with Crippen molar-refractivity contribution < 1.29 is 4.74 Å². The van der Waals surface area contributed by atoms with Crippen LogP contribution in [0.3, 0.4) is 0 Å². The molecule has 0 saturated heterocycles. The third kappa shape index (κ3) is 3.77. The molecule has 0 amide bonds. The van der Waals surface area contributed by atoms with Gasteiger partial charge in [-0.1, -0.05) is 50.0 Å². The van der Waals surface area contributed by atoms with Crippen molar-refractivity contribution in [3.63, 3.8) is 0 Å². The molecule has 1 aromatic heterocycles. The van der Waals surface area contributed by atoms with Crippen molar-refractivity contribution in [1.82, 2.24) is 9.97 Å². The van der Waals surface area contributed by atoms with Gasteiger partial charge in [0.2, 0.25) is 5.88 Å². The zero-order chi connectivity index (χ0) is 15.6. The Bertz CT molecular complexity index is 654. The van der Waals surface area contributed by atoms with Crippen LogP contribution in [0, 0.1) is 0 Å². The molecule has 2 rings (SSSR count). The summed E-state index contributed by atoms with van der Waals surface area (Å²) in [6.45, 7) is 6.12. The molecular formula is C15H17Cl2N3O. The van der Waals surface area contributed by atoms with Gasteiger partial charge in [-0.3, -0.25) is 0 Å². The summed E-state index contributed by atoms with van der Waals surface area (Å²) in [4.78, 5) is 8.89. The lowest BCUT2D eigenvalue weighted by Gasteiger charge is -2.18. The van der Waals surface area contributed by atoms with Gasteiger partial charge in [0.1, 0.15) is 22.4 Å². The minimum absolute atomic E-state index is 0.191. The van der Waals surface area contributed by atoms with Gasteiger partial charge in [0.25, 0.3) is 0 Å². The Morgan fingerprint density at radius 1 is 1.14 bits per heavy atom. The lowest BCUT2D eigenvalue weighted by Crippen LogP contribution is -2.17. The maximum Gasteiger partial charge on any atom is 0.224 e. The largest absolute Gasteiger partial charge is 0.437 e. The third-order valence-corrected chi connectivity index (χ3v) is 3.56. The minimum Gasteiger partial charge on any atom is -0.437 e. The summed E-state index contributed by atoms with van der Waals surface area (Å²) in [5, 5.41) is 3.80. The summed E-state index contributed by atoms with van der Waals surface area (Å²) in [7, 11) is 1.80. The second-order valence-electron chi connectivity index (χ2n) is 5.57. The van der Waals surface area contributed by atoms with Crippen molar-refractivity contribution in [2.45, 2.75) is 26.2 Å². The minimum atomic E-state index is -0.191. The molecule has 0 aliphatic carbocycles. The number of hydrogen-bond donors (Lipinski definition) is 1. The molecule has 0 radical (unpaired) electrons. The van der Waals surface area contributed by atoms with Crippen molar-refractivity contribution in [3.8, 4) is 11.6 Å². The molecule has 1 N–H and O–H groups in total. The summed E-state index contributed by atoms with van der Waals surface area (Å²) in [6.07, 6.45) is 0. The summed E-state index contributed by atoms with van der Waals surface area (Å²) in [5.74, 6) is 2.25. The molecule has 1 aromatic carbocycles. The normalized spacial score (nSPS) is 11.3. The first-order valence-corrected chi connectivity index (χ1v) is 7.26. The highest BCUT2D eigenvalue weighted by atomic mass is 35.5. The molecule has 112 valence electrons. The first kappa shape index (κ1) is 15.9. The number of nitrogens with zero attached hydrogens (tertiary/aromatic N) is 2. The smallest absolute Gasteiger partial charge is 0.224 e. The second-order valence-corrected chi connectivity index (χ2v) is 6.35. The van der Waals surface area contributed by atoms with Gasteiger partial charge in [-0.2, -0.15) is 4.98 Å². The summed E-state index contributed by atoms with van der Waals surface area (Å²) < 4.78 is 5.76. The zero-order valence-corrected chi connectivity index (χ0v) is 13.9. The van der Waals surface area contributed by atoms with Crippen LogP contribution in [0.5, 0.6) is 11.6 Å². The molecule has 2 aromatic rings. The van der Waals surface area contributed by atoms with E-state index in [2.05, 4.69) is 15.3 Å². The standard InChI is InChI=1S/C15H17Cl2N3O/c1-15(2,3)14-19-11(18-4)8-12(20-14)21-10-7-5-6-9(16)13(10)17/h5-8H,1-4H3,(H,18,19,20). The Morgan fingerprint density at radius 2 is 1.86 bits per heavy atom. The Kier molecular flexibility index (Phi) is 4.59. The molecule has 4 nitrogen and oxygen atoms in total. The molecule has 0 unspecified atom stereocenters. The molecule has 0 bridgehead atoms. The van der Waals surface area contributed by atoms with E-state index < -0.39 is 0 Å². The van der Waals surface area contributed by atoms with Crippen molar-refractivity contribution in [1.29, 1.82) is 0 Å². The van der Waals surface area contributed by atoms with Gasteiger partial charge in [0.05, 0.1) is 5.02 Å². The van der Waals surface area contributed by atoms with Crippen LogP contribution < -0.4 is 10.1 Å². The van der Waals surface area contributed by atoms with Gasteiger partial charge in [-0.15, -0.1) is 0 Å². The molecule has 0 spiro atoms. The second kappa shape index (κ2) is 6.08. The van der Waals surface area contributed by atoms with E-state index in [0.29, 0.717) is 33.3 Å². The van der Waals surface area contributed by atoms with Crippen LogP contribution in [-0.2, 0) is 5.41 Å². The molecule has 0 aliphatic heterocycles. The van der Waals surface area contributed by atoms with Crippen molar-refractivity contribution in [2.24, 2.45) is 0 Å². The van der Waals surface area contributed by atoms with Crippen LogP contribution in [0.1, 0.15) is 26.6 Å². The molecule has 0 saturated carbocycles. The van der Waals surface area contributed by atoms with Gasteiger partial charge in [-0.05, 0) is 12.1 Å². The number of halogens is 2. The van der Waals surface area contributed by atoms with E-state index in [9.17, 15) is 0 Å². The first-order valence-electron chi connectivity index (χ1n) is 6.50. The molecule has 0 aliphatic rings. The topological polar surface area (TPSA) is 47.0 Å². The van der Waals surface area contributed by atoms with Crippen LogP contribution in [0.25, 0.3) is 0 Å². The first-order chi connectivity index (χ1) is 9.81. The summed E-state index contributed by atoms with van der Waals surface area (Å²) in [5.41, 5.74) is -0.191. The van der Waals surface area contributed by atoms with Gasteiger partial charge < -0.3 is 10.1 Å². The quantitative estimate of drug-likeness (QED) is 0.870. The Balaban J connectivity index is 2.42. The number of nitrogens with one attached hydrogen (secondary N) is 1. The van der Waals surface area contributed by atoms with Crippen molar-refractivity contribution in [3.05, 3.63) is 40.1 Å². The third-order valence-electron chi connectivity index (χ3n) is 2.76. The van der Waals surface area contributed by atoms with E-state index in [-0.39, 0.29) is 5.41 Å². The number of rotatable bonds is 3. The van der Waals surface area contributed by atoms with Crippen LogP contribution in [0.15, 0.2) is 24.3 Å². The molecular weight excluding hydrogens is 309 g/mol. The van der Waals surface area contributed by atoms with Crippen LogP contribution in [0.2, 0.25) is 10.0 Å². The van der Waals surface area contributed by atoms with E-state index in [1.807, 2.05) is 20.8 Å². The zero-order valence-electron chi connectivity index (χ0n) is 12.4. The highest BCUT2D eigenvalue weighted by molar-refractivity contribution is 6.42. The number of benzene rings is 1. The highest BCUT2D eigenvalue weighted by Crippen LogP contribution is 2.35. The molecule has 21 heavy (non-hydrogen) atoms. The molecule has 0 atom stereocenters. The SMILES string of the molecule is CNc1cc(Oc2cccc(Cl)c2Cl)nc(C(C)(C)C)n1. The van der Waals surface area contributed by atoms with Crippen LogP contribution in [0.4, 0.5) is 5.82 Å². The van der Waals surface area contributed by atoms with Gasteiger partial charge >= 0.3 is 0 Å². The maximum absolute atomic E-state index is 6.13. The summed E-state index contributed by atoms with van der Waals surface area (Å²) >= 11 is 12.1. The van der Waals surface area contributed by atoms with E-state index >= 15 is 0 Å². The van der Waals surface area contributed by atoms with Crippen LogP contribution in [-0.4, -0.2) is 17.0 Å². The van der Waals surface area contributed by atoms with Gasteiger partial charge in [0.15, 0.2) is 0 Å². The molecule has 6 heteroatoms. The van der Waals surface area contributed by atoms with E-state index in [1.165, 1.54) is 0 Å². The number of hydrogen-bond acceptors (Lipinski definition) is 4. The fraction of sp³-hybridized carbons (Fsp3) is 0.333. The van der Waals surface area contributed by atoms with Gasteiger partial charge in [-0.25, -0.2) is 4.98 Å². The lowest BCUT2D eigenvalue weighted by molar-refractivity contribution is 0.447. The fourth-order valence-corrected chi connectivity index (χ4v) is 1.95. The number of anilines is 1. The number of aromatic nitrogens is 2. The maximum atomic E-state index is 6.13. The van der Waals surface area contributed by atoms with E-state index in [4.69, 9.17) is 27.9 Å². The van der Waals surface area contributed by atoms with Crippen molar-refractivity contribution in [2.75, 3.05) is 12.4 Å². The fourth-order valence-electron chi connectivity index (χ4n) is 1.62. The van der Waals surface area contributed by atoms with E-state index in [0.717, 1.165) is 0 Å². The Hall–Kier alpha value is -1.52. The lowest BCUT2D eigenvalue weighted by atomic mass is 9.96. The predicted octanol–water partition coefficient (Wildman–Crippen LogP) is 4.91. The molecule has 1 heterocycles. The summed E-state index contributed by atoms with van der Waals surface area (Å²) in [6, 6.07) is 6.93. The van der Waals surface area contributed by atoms with E-state index in [1.54, 1.807) is 31.3 Å². The Labute approximate surface area is 134 Å². The average molecular weight is 326 g/mol. The number of ether oxygens (including phenoxy) is 1. The predicted molar refractivity (Wildman–Crippen MR) is 86.8 cm³/mol.